The van der Waals surface area contributed by atoms with Gasteiger partial charge < -0.3 is 9.32 Å². The van der Waals surface area contributed by atoms with E-state index in [2.05, 4.69) is 41.0 Å². The second kappa shape index (κ2) is 8.11. The first-order valence-corrected chi connectivity index (χ1v) is 10.6. The molecule has 7 heteroatoms. The number of thioether (sulfide) groups is 1. The largest absolute Gasteiger partial charge is 0.462 e. The van der Waals surface area contributed by atoms with Gasteiger partial charge in [-0.1, -0.05) is 36.1 Å². The number of benzene rings is 1. The minimum atomic E-state index is -0.0369. The molecular weight excluding hydrogens is 390 g/mol. The Bertz CT molecular complexity index is 929. The van der Waals surface area contributed by atoms with Crippen LogP contribution < -0.4 is 4.90 Å². The number of nitrogens with zero attached hydrogens (tertiary/aromatic N) is 3. The number of furan rings is 1. The topological polar surface area (TPSA) is 39.9 Å². The van der Waals surface area contributed by atoms with Crippen molar-refractivity contribution in [3.05, 3.63) is 58.4 Å². The molecule has 3 heterocycles. The van der Waals surface area contributed by atoms with E-state index in [9.17, 15) is 4.79 Å². The van der Waals surface area contributed by atoms with Gasteiger partial charge in [0.05, 0.1) is 11.6 Å². The van der Waals surface area contributed by atoms with Crippen molar-refractivity contribution in [2.75, 3.05) is 37.7 Å². The van der Waals surface area contributed by atoms with Gasteiger partial charge in [0.25, 0.3) is 5.91 Å². The molecule has 5 nitrogen and oxygen atoms in total. The number of aryl methyl sites for hydroxylation is 2. The zero-order valence-corrected chi connectivity index (χ0v) is 17.7. The molecule has 0 spiro atoms. The lowest BCUT2D eigenvalue weighted by molar-refractivity contribution is -0.123. The molecule has 2 saturated heterocycles. The Morgan fingerprint density at radius 3 is 2.61 bits per heavy atom. The van der Waals surface area contributed by atoms with Crippen molar-refractivity contribution in [3.8, 4) is 0 Å². The molecule has 1 aromatic carbocycles. The van der Waals surface area contributed by atoms with Crippen LogP contribution in [0.15, 0.2) is 45.7 Å². The van der Waals surface area contributed by atoms with E-state index in [1.807, 2.05) is 19.1 Å². The maximum atomic E-state index is 12.8. The molecule has 1 amide bonds. The lowest BCUT2D eigenvalue weighted by Gasteiger charge is -2.37. The van der Waals surface area contributed by atoms with Gasteiger partial charge in [0.2, 0.25) is 0 Å². The zero-order valence-electron chi connectivity index (χ0n) is 16.1. The van der Waals surface area contributed by atoms with Gasteiger partial charge in [-0.2, -0.15) is 0 Å². The molecule has 1 aromatic heterocycles. The number of amides is 1. The fourth-order valence-electron chi connectivity index (χ4n) is 3.45. The smallest absolute Gasteiger partial charge is 0.267 e. The van der Waals surface area contributed by atoms with Crippen LogP contribution in [0.1, 0.15) is 17.1 Å². The predicted molar refractivity (Wildman–Crippen MR) is 118 cm³/mol. The van der Waals surface area contributed by atoms with Gasteiger partial charge in [0, 0.05) is 37.9 Å². The highest BCUT2D eigenvalue weighted by Crippen LogP contribution is 2.33. The van der Waals surface area contributed by atoms with Gasteiger partial charge in [-0.3, -0.25) is 14.6 Å². The Balaban J connectivity index is 1.36. The molecule has 0 radical (unpaired) electrons. The number of hydrogen-bond acceptors (Lipinski definition) is 6. The summed E-state index contributed by atoms with van der Waals surface area (Å²) >= 11 is 6.80. The van der Waals surface area contributed by atoms with Crippen molar-refractivity contribution >= 4 is 46.0 Å². The van der Waals surface area contributed by atoms with Crippen LogP contribution in [0.3, 0.4) is 0 Å². The summed E-state index contributed by atoms with van der Waals surface area (Å²) in [5.74, 6) is 1.48. The maximum Gasteiger partial charge on any atom is 0.267 e. The molecule has 2 aromatic rings. The monoisotopic (exact) mass is 413 g/mol. The lowest BCUT2D eigenvalue weighted by Crippen LogP contribution is -2.50. The quantitative estimate of drug-likeness (QED) is 0.560. The first-order chi connectivity index (χ1) is 13.5. The Morgan fingerprint density at radius 1 is 1.14 bits per heavy atom. The van der Waals surface area contributed by atoms with E-state index >= 15 is 0 Å². The van der Waals surface area contributed by atoms with E-state index in [1.165, 1.54) is 23.0 Å². The second-order valence-electron chi connectivity index (χ2n) is 7.14. The van der Waals surface area contributed by atoms with E-state index in [0.717, 1.165) is 31.9 Å². The Morgan fingerprint density at radius 2 is 1.93 bits per heavy atom. The molecule has 0 N–H and O–H groups in total. The summed E-state index contributed by atoms with van der Waals surface area (Å²) in [7, 11) is 0. The first kappa shape index (κ1) is 19.2. The number of carbonyl (C=O) groups is 1. The summed E-state index contributed by atoms with van der Waals surface area (Å²) in [5, 5.41) is 0. The molecule has 2 aliphatic heterocycles. The Labute approximate surface area is 175 Å². The van der Waals surface area contributed by atoms with Crippen LogP contribution in [0.2, 0.25) is 0 Å². The average molecular weight is 414 g/mol. The zero-order chi connectivity index (χ0) is 19.7. The molecule has 0 aliphatic carbocycles. The molecule has 146 valence electrons. The number of hydrogen-bond donors (Lipinski definition) is 0. The van der Waals surface area contributed by atoms with Crippen molar-refractivity contribution in [2.24, 2.45) is 0 Å². The standard InChI is InChI=1S/C21H23N3O2S2/c1-15-4-3-5-17(12-15)23-10-8-22(9-11-23)14-24-20(25)19(28-21(24)27)13-18-7-6-16(2)26-18/h3-7,12-13H,8-11,14H2,1-2H3/b19-13-. The summed E-state index contributed by atoms with van der Waals surface area (Å²) in [6.45, 7) is 8.24. The van der Waals surface area contributed by atoms with Gasteiger partial charge in [0.15, 0.2) is 0 Å². The summed E-state index contributed by atoms with van der Waals surface area (Å²) < 4.78 is 6.17. The molecule has 28 heavy (non-hydrogen) atoms. The van der Waals surface area contributed by atoms with Crippen molar-refractivity contribution in [2.45, 2.75) is 13.8 Å². The number of thiocarbonyl (C=S) groups is 1. The number of carbonyl (C=O) groups excluding carboxylic acids is 1. The Kier molecular flexibility index (Phi) is 5.57. The van der Waals surface area contributed by atoms with Crippen LogP contribution in [0.25, 0.3) is 6.08 Å². The third-order valence-corrected chi connectivity index (χ3v) is 6.37. The molecule has 0 saturated carbocycles. The summed E-state index contributed by atoms with van der Waals surface area (Å²) in [5.41, 5.74) is 2.54. The van der Waals surface area contributed by atoms with Crippen molar-refractivity contribution in [1.29, 1.82) is 0 Å². The highest BCUT2D eigenvalue weighted by atomic mass is 32.2. The van der Waals surface area contributed by atoms with E-state index in [-0.39, 0.29) is 5.91 Å². The van der Waals surface area contributed by atoms with Crippen molar-refractivity contribution < 1.29 is 9.21 Å². The molecule has 0 atom stereocenters. The van der Waals surface area contributed by atoms with Gasteiger partial charge in [0.1, 0.15) is 15.8 Å². The molecule has 2 fully saturated rings. The molecule has 4 rings (SSSR count). The summed E-state index contributed by atoms with van der Waals surface area (Å²) in [6, 6.07) is 12.4. The molecule has 0 bridgehead atoms. The van der Waals surface area contributed by atoms with E-state index in [1.54, 1.807) is 11.0 Å². The highest BCUT2D eigenvalue weighted by Gasteiger charge is 2.34. The fraction of sp³-hybridized carbons (Fsp3) is 0.333. The van der Waals surface area contributed by atoms with Crippen LogP contribution in [0.5, 0.6) is 0 Å². The van der Waals surface area contributed by atoms with Crippen molar-refractivity contribution in [1.82, 2.24) is 9.80 Å². The SMILES string of the molecule is Cc1cccc(N2CCN(CN3C(=O)/C(=C/c4ccc(C)o4)SC3=S)CC2)c1. The van der Waals surface area contributed by atoms with Crippen LogP contribution in [-0.2, 0) is 4.79 Å². The average Bonchev–Trinajstić information content (AvgIpc) is 3.20. The molecule has 2 aliphatic rings. The number of piperazine rings is 1. The highest BCUT2D eigenvalue weighted by molar-refractivity contribution is 8.26. The summed E-state index contributed by atoms with van der Waals surface area (Å²) in [6.07, 6.45) is 1.78. The van der Waals surface area contributed by atoms with Crippen LogP contribution in [-0.4, -0.2) is 52.9 Å². The second-order valence-corrected chi connectivity index (χ2v) is 8.82. The van der Waals surface area contributed by atoms with Crippen LogP contribution in [0.4, 0.5) is 5.69 Å². The third kappa shape index (κ3) is 4.16. The van der Waals surface area contributed by atoms with Gasteiger partial charge in [-0.05, 0) is 43.7 Å². The number of rotatable bonds is 4. The van der Waals surface area contributed by atoms with Gasteiger partial charge >= 0.3 is 0 Å². The third-order valence-electron chi connectivity index (χ3n) is 4.99. The van der Waals surface area contributed by atoms with E-state index in [4.69, 9.17) is 16.6 Å². The van der Waals surface area contributed by atoms with E-state index < -0.39 is 0 Å². The van der Waals surface area contributed by atoms with Crippen molar-refractivity contribution in [3.63, 3.8) is 0 Å². The Hall–Kier alpha value is -2.09. The molecule has 0 unspecified atom stereocenters. The normalized spacial score (nSPS) is 19.9. The number of anilines is 1. The van der Waals surface area contributed by atoms with Crippen LogP contribution >= 0.6 is 24.0 Å². The minimum Gasteiger partial charge on any atom is -0.462 e. The fourth-order valence-corrected chi connectivity index (χ4v) is 4.68. The minimum absolute atomic E-state index is 0.0369. The predicted octanol–water partition coefficient (Wildman–Crippen LogP) is 3.88. The lowest BCUT2D eigenvalue weighted by atomic mass is 10.2. The molecular formula is C21H23N3O2S2. The first-order valence-electron chi connectivity index (χ1n) is 9.35. The maximum absolute atomic E-state index is 12.8. The van der Waals surface area contributed by atoms with E-state index in [0.29, 0.717) is 21.7 Å². The summed E-state index contributed by atoms with van der Waals surface area (Å²) in [4.78, 5) is 19.8. The van der Waals surface area contributed by atoms with Gasteiger partial charge in [-0.15, -0.1) is 0 Å². The van der Waals surface area contributed by atoms with Crippen LogP contribution in [0, 0.1) is 13.8 Å². The van der Waals surface area contributed by atoms with Gasteiger partial charge in [-0.25, -0.2) is 0 Å².